The maximum Gasteiger partial charge on any atom is 0.266 e. The Kier molecular flexibility index (Phi) is 5.10. The summed E-state index contributed by atoms with van der Waals surface area (Å²) in [5, 5.41) is 5.33. The van der Waals surface area contributed by atoms with Crippen molar-refractivity contribution in [3.63, 3.8) is 0 Å². The van der Waals surface area contributed by atoms with Gasteiger partial charge < -0.3 is 21.3 Å². The normalized spacial score (nSPS) is 15.7. The Bertz CT molecular complexity index is 891. The van der Waals surface area contributed by atoms with Crippen LogP contribution in [-0.4, -0.2) is 32.0 Å². The number of nitrogen functional groups attached to an aromatic ring is 1. The molecule has 1 amide bonds. The van der Waals surface area contributed by atoms with E-state index in [9.17, 15) is 18.0 Å². The summed E-state index contributed by atoms with van der Waals surface area (Å²) < 4.78 is 40.6. The standard InChI is InChI=1S/C18H18ClF3N4O/c1-24-15-8-16(26-5-4-18(21,22)9-26)11(7-14(15)23)17(27)25-10-2-3-13(20)12(19)6-10/h2-3,6-8,24H,4-5,9,23H2,1H3,(H,25,27). The van der Waals surface area contributed by atoms with E-state index in [1.807, 2.05) is 0 Å². The lowest BCUT2D eigenvalue weighted by Crippen LogP contribution is -2.27. The Morgan fingerprint density at radius 2 is 2.04 bits per heavy atom. The van der Waals surface area contributed by atoms with E-state index in [0.29, 0.717) is 17.1 Å². The fraction of sp³-hybridized carbons (Fsp3) is 0.278. The van der Waals surface area contributed by atoms with Crippen molar-refractivity contribution in [2.75, 3.05) is 41.4 Å². The van der Waals surface area contributed by atoms with Gasteiger partial charge in [-0.15, -0.1) is 0 Å². The van der Waals surface area contributed by atoms with Crippen LogP contribution in [0.15, 0.2) is 30.3 Å². The second-order valence-corrected chi connectivity index (χ2v) is 6.72. The van der Waals surface area contributed by atoms with Crippen molar-refractivity contribution in [2.45, 2.75) is 12.3 Å². The highest BCUT2D eigenvalue weighted by atomic mass is 35.5. The minimum Gasteiger partial charge on any atom is -0.397 e. The van der Waals surface area contributed by atoms with Crippen molar-refractivity contribution in [1.82, 2.24) is 0 Å². The van der Waals surface area contributed by atoms with Crippen LogP contribution in [0, 0.1) is 5.82 Å². The van der Waals surface area contributed by atoms with Gasteiger partial charge in [0.05, 0.1) is 34.2 Å². The monoisotopic (exact) mass is 398 g/mol. The Balaban J connectivity index is 1.96. The molecule has 144 valence electrons. The lowest BCUT2D eigenvalue weighted by Gasteiger charge is -2.23. The van der Waals surface area contributed by atoms with E-state index >= 15 is 0 Å². The summed E-state index contributed by atoms with van der Waals surface area (Å²) >= 11 is 5.73. The van der Waals surface area contributed by atoms with E-state index in [0.717, 1.165) is 6.07 Å². The number of amides is 1. The molecule has 1 aliphatic heterocycles. The SMILES string of the molecule is CNc1cc(N2CCC(F)(F)C2)c(C(=O)Nc2ccc(F)c(Cl)c2)cc1N. The number of alkyl halides is 2. The van der Waals surface area contributed by atoms with Crippen LogP contribution in [0.3, 0.4) is 0 Å². The summed E-state index contributed by atoms with van der Waals surface area (Å²) in [5.41, 5.74) is 7.54. The Morgan fingerprint density at radius 1 is 1.30 bits per heavy atom. The van der Waals surface area contributed by atoms with Crippen molar-refractivity contribution in [1.29, 1.82) is 0 Å². The highest BCUT2D eigenvalue weighted by molar-refractivity contribution is 6.31. The van der Waals surface area contributed by atoms with E-state index in [4.69, 9.17) is 17.3 Å². The zero-order valence-corrected chi connectivity index (χ0v) is 15.2. The molecule has 5 nitrogen and oxygen atoms in total. The van der Waals surface area contributed by atoms with Crippen LogP contribution < -0.4 is 21.3 Å². The fourth-order valence-electron chi connectivity index (χ4n) is 2.98. The summed E-state index contributed by atoms with van der Waals surface area (Å²) in [4.78, 5) is 14.2. The second kappa shape index (κ2) is 7.19. The largest absolute Gasteiger partial charge is 0.397 e. The van der Waals surface area contributed by atoms with Gasteiger partial charge in [0, 0.05) is 25.7 Å². The first kappa shape index (κ1) is 19.2. The van der Waals surface area contributed by atoms with Gasteiger partial charge >= 0.3 is 0 Å². The number of rotatable bonds is 4. The molecule has 0 radical (unpaired) electrons. The van der Waals surface area contributed by atoms with Gasteiger partial charge in [-0.25, -0.2) is 13.2 Å². The van der Waals surface area contributed by atoms with Gasteiger partial charge in [-0.1, -0.05) is 11.6 Å². The molecule has 27 heavy (non-hydrogen) atoms. The number of hydrogen-bond donors (Lipinski definition) is 3. The van der Waals surface area contributed by atoms with E-state index < -0.39 is 24.2 Å². The Morgan fingerprint density at radius 3 is 2.63 bits per heavy atom. The van der Waals surface area contributed by atoms with E-state index in [-0.39, 0.29) is 29.2 Å². The van der Waals surface area contributed by atoms with Crippen molar-refractivity contribution in [3.05, 3.63) is 46.7 Å². The molecule has 3 rings (SSSR count). The Labute approximate surface area is 159 Å². The van der Waals surface area contributed by atoms with Crippen LogP contribution in [0.1, 0.15) is 16.8 Å². The van der Waals surface area contributed by atoms with Crippen molar-refractivity contribution < 1.29 is 18.0 Å². The summed E-state index contributed by atoms with van der Waals surface area (Å²) in [5.74, 6) is -3.99. The number of hydrogen-bond acceptors (Lipinski definition) is 4. The number of benzene rings is 2. The molecule has 0 atom stereocenters. The number of anilines is 4. The third-order valence-electron chi connectivity index (χ3n) is 4.37. The molecule has 0 bridgehead atoms. The Hall–Kier alpha value is -2.61. The smallest absolute Gasteiger partial charge is 0.266 e. The molecular weight excluding hydrogens is 381 g/mol. The minimum atomic E-state index is -2.82. The third kappa shape index (κ3) is 4.05. The first-order valence-corrected chi connectivity index (χ1v) is 8.58. The molecule has 4 N–H and O–H groups in total. The van der Waals surface area contributed by atoms with Crippen molar-refractivity contribution >= 4 is 40.3 Å². The van der Waals surface area contributed by atoms with Crippen molar-refractivity contribution in [3.8, 4) is 0 Å². The van der Waals surface area contributed by atoms with Crippen molar-refractivity contribution in [2.24, 2.45) is 0 Å². The minimum absolute atomic E-state index is 0.114. The number of nitrogens with one attached hydrogen (secondary N) is 2. The lowest BCUT2D eigenvalue weighted by molar-refractivity contribution is 0.0257. The molecule has 0 unspecified atom stereocenters. The predicted octanol–water partition coefficient (Wildman–Crippen LogP) is 4.20. The first-order chi connectivity index (χ1) is 12.7. The zero-order chi connectivity index (χ0) is 19.8. The molecule has 1 saturated heterocycles. The molecule has 0 saturated carbocycles. The first-order valence-electron chi connectivity index (χ1n) is 8.20. The topological polar surface area (TPSA) is 70.4 Å². The third-order valence-corrected chi connectivity index (χ3v) is 4.66. The molecular formula is C18H18ClF3N4O. The van der Waals surface area contributed by atoms with Gasteiger partial charge in [0.2, 0.25) is 0 Å². The highest BCUT2D eigenvalue weighted by Gasteiger charge is 2.39. The number of nitrogens with zero attached hydrogens (tertiary/aromatic N) is 1. The quantitative estimate of drug-likeness (QED) is 0.675. The average molecular weight is 399 g/mol. The number of carbonyl (C=O) groups excluding carboxylic acids is 1. The average Bonchev–Trinajstić information content (AvgIpc) is 2.97. The molecule has 1 aliphatic rings. The van der Waals surface area contributed by atoms with E-state index in [1.165, 1.54) is 23.1 Å². The fourth-order valence-corrected chi connectivity index (χ4v) is 3.16. The second-order valence-electron chi connectivity index (χ2n) is 6.32. The number of nitrogens with two attached hydrogens (primary N) is 1. The molecule has 0 spiro atoms. The van der Waals surface area contributed by atoms with Gasteiger partial charge in [-0.3, -0.25) is 4.79 Å². The van der Waals surface area contributed by atoms with Crippen LogP contribution in [0.2, 0.25) is 5.02 Å². The van der Waals surface area contributed by atoms with E-state index in [1.54, 1.807) is 13.1 Å². The number of halogens is 4. The molecule has 0 aromatic heterocycles. The van der Waals surface area contributed by atoms with Crippen LogP contribution in [0.4, 0.5) is 35.9 Å². The predicted molar refractivity (Wildman–Crippen MR) is 102 cm³/mol. The molecule has 0 aliphatic carbocycles. The van der Waals surface area contributed by atoms with Crippen LogP contribution in [0.5, 0.6) is 0 Å². The maximum absolute atomic E-state index is 13.7. The zero-order valence-electron chi connectivity index (χ0n) is 14.5. The summed E-state index contributed by atoms with van der Waals surface area (Å²) in [7, 11) is 1.65. The molecule has 1 heterocycles. The van der Waals surface area contributed by atoms with Gasteiger partial charge in [0.25, 0.3) is 11.8 Å². The lowest BCUT2D eigenvalue weighted by atomic mass is 10.1. The van der Waals surface area contributed by atoms with Gasteiger partial charge in [-0.05, 0) is 30.3 Å². The molecule has 1 fully saturated rings. The molecule has 2 aromatic carbocycles. The highest BCUT2D eigenvalue weighted by Crippen LogP contribution is 2.36. The van der Waals surface area contributed by atoms with Gasteiger partial charge in [0.15, 0.2) is 0 Å². The van der Waals surface area contributed by atoms with Crippen LogP contribution in [-0.2, 0) is 0 Å². The van der Waals surface area contributed by atoms with Crippen LogP contribution in [0.25, 0.3) is 0 Å². The number of carbonyl (C=O) groups is 1. The van der Waals surface area contributed by atoms with Gasteiger partial charge in [0.1, 0.15) is 5.82 Å². The maximum atomic E-state index is 13.7. The van der Waals surface area contributed by atoms with Crippen LogP contribution >= 0.6 is 11.6 Å². The summed E-state index contributed by atoms with van der Waals surface area (Å²) in [6, 6.07) is 6.75. The van der Waals surface area contributed by atoms with E-state index in [2.05, 4.69) is 10.6 Å². The summed E-state index contributed by atoms with van der Waals surface area (Å²) in [6.45, 7) is -0.370. The van der Waals surface area contributed by atoms with Gasteiger partial charge in [-0.2, -0.15) is 0 Å². The molecule has 2 aromatic rings. The summed E-state index contributed by atoms with van der Waals surface area (Å²) in [6.07, 6.45) is -0.291. The molecule has 9 heteroatoms.